The number of rotatable bonds is 7. The van der Waals surface area contributed by atoms with Crippen molar-refractivity contribution in [2.24, 2.45) is 0 Å². The lowest BCUT2D eigenvalue weighted by molar-refractivity contribution is 0.385. The van der Waals surface area contributed by atoms with Gasteiger partial charge in [-0.2, -0.15) is 0 Å². The van der Waals surface area contributed by atoms with Crippen LogP contribution in [0.25, 0.3) is 0 Å². The maximum atomic E-state index is 14.0. The molecule has 114 valence electrons. The Bertz CT molecular complexity index is 588. The van der Waals surface area contributed by atoms with Crippen molar-refractivity contribution in [3.63, 3.8) is 0 Å². The lowest BCUT2D eigenvalue weighted by Gasteiger charge is -2.18. The van der Waals surface area contributed by atoms with Gasteiger partial charge in [-0.15, -0.1) is 5.10 Å². The molecule has 0 spiro atoms. The van der Waals surface area contributed by atoms with E-state index in [2.05, 4.69) is 21.8 Å². The number of aryl methyl sites for hydroxylation is 1. The van der Waals surface area contributed by atoms with Crippen molar-refractivity contribution in [3.8, 4) is 5.75 Å². The molecule has 0 amide bonds. The molecule has 0 saturated heterocycles. The fourth-order valence-corrected chi connectivity index (χ4v) is 3.04. The molecule has 1 atom stereocenters. The first-order chi connectivity index (χ1) is 10.2. The molecule has 0 saturated carbocycles. The SMILES string of the molecule is CCCNC(c1ccc(OC)c(F)c1)c1snnc1CC. The Balaban J connectivity index is 2.38. The molecule has 2 aromatic rings. The molecule has 4 nitrogen and oxygen atoms in total. The summed E-state index contributed by atoms with van der Waals surface area (Å²) in [6.45, 7) is 5.00. The number of hydrogen-bond acceptors (Lipinski definition) is 5. The third-order valence-corrected chi connectivity index (χ3v) is 4.12. The molecule has 0 fully saturated rings. The van der Waals surface area contributed by atoms with E-state index in [9.17, 15) is 4.39 Å². The zero-order chi connectivity index (χ0) is 15.2. The second-order valence-electron chi connectivity index (χ2n) is 4.72. The van der Waals surface area contributed by atoms with Crippen molar-refractivity contribution in [2.45, 2.75) is 32.7 Å². The number of ether oxygens (including phenoxy) is 1. The number of halogens is 1. The van der Waals surface area contributed by atoms with Gasteiger partial charge >= 0.3 is 0 Å². The molecule has 0 bridgehead atoms. The molecule has 0 aliphatic rings. The van der Waals surface area contributed by atoms with Crippen LogP contribution in [0.3, 0.4) is 0 Å². The molecule has 0 aliphatic carbocycles. The van der Waals surface area contributed by atoms with E-state index in [1.807, 2.05) is 13.0 Å². The van der Waals surface area contributed by atoms with Crippen LogP contribution in [-0.4, -0.2) is 23.2 Å². The first-order valence-electron chi connectivity index (χ1n) is 7.09. The minimum Gasteiger partial charge on any atom is -0.494 e. The van der Waals surface area contributed by atoms with Gasteiger partial charge in [-0.25, -0.2) is 4.39 Å². The highest BCUT2D eigenvalue weighted by Gasteiger charge is 2.21. The summed E-state index contributed by atoms with van der Waals surface area (Å²) >= 11 is 1.37. The van der Waals surface area contributed by atoms with Crippen molar-refractivity contribution in [2.75, 3.05) is 13.7 Å². The Kier molecular flexibility index (Phi) is 5.64. The van der Waals surface area contributed by atoms with Crippen molar-refractivity contribution in [1.29, 1.82) is 0 Å². The van der Waals surface area contributed by atoms with E-state index in [0.717, 1.165) is 35.5 Å². The molecule has 1 aromatic heterocycles. The zero-order valence-corrected chi connectivity index (χ0v) is 13.3. The highest BCUT2D eigenvalue weighted by atomic mass is 32.1. The van der Waals surface area contributed by atoms with Crippen LogP contribution in [-0.2, 0) is 6.42 Å². The Morgan fingerprint density at radius 2 is 2.19 bits per heavy atom. The quantitative estimate of drug-likeness (QED) is 0.852. The Morgan fingerprint density at radius 3 is 2.81 bits per heavy atom. The second-order valence-corrected chi connectivity index (χ2v) is 5.50. The van der Waals surface area contributed by atoms with Crippen molar-refractivity contribution in [1.82, 2.24) is 14.9 Å². The van der Waals surface area contributed by atoms with Gasteiger partial charge in [-0.05, 0) is 48.6 Å². The molecule has 6 heteroatoms. The normalized spacial score (nSPS) is 12.4. The zero-order valence-electron chi connectivity index (χ0n) is 12.5. The number of methoxy groups -OCH3 is 1. The van der Waals surface area contributed by atoms with E-state index >= 15 is 0 Å². The van der Waals surface area contributed by atoms with Crippen LogP contribution in [0.5, 0.6) is 5.75 Å². The lowest BCUT2D eigenvalue weighted by Crippen LogP contribution is -2.23. The molecular weight excluding hydrogens is 289 g/mol. The summed E-state index contributed by atoms with van der Waals surface area (Å²) in [5.74, 6) is -0.0973. The van der Waals surface area contributed by atoms with Gasteiger partial charge in [-0.1, -0.05) is 24.4 Å². The maximum absolute atomic E-state index is 14.0. The molecule has 2 rings (SSSR count). The van der Waals surface area contributed by atoms with E-state index in [4.69, 9.17) is 4.74 Å². The number of aromatic nitrogens is 2. The van der Waals surface area contributed by atoms with Crippen LogP contribution in [0.1, 0.15) is 42.4 Å². The van der Waals surface area contributed by atoms with Crippen molar-refractivity contribution >= 4 is 11.5 Å². The Morgan fingerprint density at radius 1 is 1.38 bits per heavy atom. The Labute approximate surface area is 128 Å². The predicted octanol–water partition coefficient (Wildman–Crippen LogP) is 3.34. The van der Waals surface area contributed by atoms with Crippen LogP contribution in [0.2, 0.25) is 0 Å². The summed E-state index contributed by atoms with van der Waals surface area (Å²) in [5, 5.41) is 7.61. The monoisotopic (exact) mass is 309 g/mol. The number of benzene rings is 1. The van der Waals surface area contributed by atoms with Gasteiger partial charge in [-0.3, -0.25) is 0 Å². The molecule has 1 N–H and O–H groups in total. The van der Waals surface area contributed by atoms with E-state index in [-0.39, 0.29) is 17.6 Å². The van der Waals surface area contributed by atoms with Crippen LogP contribution in [0, 0.1) is 5.82 Å². The van der Waals surface area contributed by atoms with Crippen molar-refractivity contribution in [3.05, 3.63) is 40.2 Å². The van der Waals surface area contributed by atoms with Crippen LogP contribution in [0.4, 0.5) is 4.39 Å². The largest absolute Gasteiger partial charge is 0.494 e. The molecular formula is C15H20FN3OS. The molecule has 0 radical (unpaired) electrons. The molecule has 21 heavy (non-hydrogen) atoms. The first-order valence-corrected chi connectivity index (χ1v) is 7.86. The first kappa shape index (κ1) is 15.9. The molecule has 0 aliphatic heterocycles. The predicted molar refractivity (Wildman–Crippen MR) is 82.4 cm³/mol. The highest BCUT2D eigenvalue weighted by molar-refractivity contribution is 7.05. The van der Waals surface area contributed by atoms with Gasteiger partial charge in [0.2, 0.25) is 0 Å². The van der Waals surface area contributed by atoms with E-state index < -0.39 is 0 Å². The number of nitrogens with zero attached hydrogens (tertiary/aromatic N) is 2. The lowest BCUT2D eigenvalue weighted by atomic mass is 10.0. The van der Waals surface area contributed by atoms with Gasteiger partial charge in [0.25, 0.3) is 0 Å². The Hall–Kier alpha value is -1.53. The third kappa shape index (κ3) is 3.57. The smallest absolute Gasteiger partial charge is 0.165 e. The van der Waals surface area contributed by atoms with Gasteiger partial charge < -0.3 is 10.1 Å². The number of hydrogen-bond donors (Lipinski definition) is 1. The summed E-state index contributed by atoms with van der Waals surface area (Å²) < 4.78 is 23.0. The standard InChI is InChI=1S/C15H20FN3OS/c1-4-8-17-14(15-12(5-2)18-19-21-15)10-6-7-13(20-3)11(16)9-10/h6-7,9,14,17H,4-5,8H2,1-3H3. The van der Waals surface area contributed by atoms with Gasteiger partial charge in [0.15, 0.2) is 11.6 Å². The summed E-state index contributed by atoms with van der Waals surface area (Å²) in [4.78, 5) is 1.05. The summed E-state index contributed by atoms with van der Waals surface area (Å²) in [6.07, 6.45) is 1.82. The second kappa shape index (κ2) is 7.47. The van der Waals surface area contributed by atoms with E-state index in [0.29, 0.717) is 0 Å². The minimum atomic E-state index is -0.353. The minimum absolute atomic E-state index is 0.0830. The highest BCUT2D eigenvalue weighted by Crippen LogP contribution is 2.30. The summed E-state index contributed by atoms with van der Waals surface area (Å²) in [7, 11) is 1.47. The van der Waals surface area contributed by atoms with Crippen LogP contribution < -0.4 is 10.1 Å². The topological polar surface area (TPSA) is 47.0 Å². The van der Waals surface area contributed by atoms with Crippen LogP contribution in [0.15, 0.2) is 18.2 Å². The van der Waals surface area contributed by atoms with Crippen LogP contribution >= 0.6 is 11.5 Å². The van der Waals surface area contributed by atoms with Gasteiger partial charge in [0.05, 0.1) is 23.7 Å². The maximum Gasteiger partial charge on any atom is 0.165 e. The third-order valence-electron chi connectivity index (χ3n) is 3.29. The summed E-state index contributed by atoms with van der Waals surface area (Å²) in [6, 6.07) is 4.98. The van der Waals surface area contributed by atoms with E-state index in [1.54, 1.807) is 6.07 Å². The van der Waals surface area contributed by atoms with E-state index in [1.165, 1.54) is 24.7 Å². The molecule has 1 heterocycles. The van der Waals surface area contributed by atoms with Gasteiger partial charge in [0, 0.05) is 0 Å². The van der Waals surface area contributed by atoms with Crippen molar-refractivity contribution < 1.29 is 9.13 Å². The fraction of sp³-hybridized carbons (Fsp3) is 0.467. The average Bonchev–Trinajstić information content (AvgIpc) is 2.96. The molecule has 1 aromatic carbocycles. The average molecular weight is 309 g/mol. The fourth-order valence-electron chi connectivity index (χ4n) is 2.19. The summed E-state index contributed by atoms with van der Waals surface area (Å²) in [5.41, 5.74) is 1.83. The molecule has 1 unspecified atom stereocenters. The number of nitrogens with one attached hydrogen (secondary N) is 1. The van der Waals surface area contributed by atoms with Gasteiger partial charge in [0.1, 0.15) is 0 Å².